The molecule has 0 aromatic carbocycles. The van der Waals surface area contributed by atoms with Crippen LogP contribution in [0, 0.1) is 5.92 Å². The lowest BCUT2D eigenvalue weighted by Gasteiger charge is -2.34. The zero-order valence-electron chi connectivity index (χ0n) is 15.1. The van der Waals surface area contributed by atoms with Crippen molar-refractivity contribution in [1.29, 1.82) is 0 Å². The molecule has 0 saturated carbocycles. The van der Waals surface area contributed by atoms with E-state index in [-0.39, 0.29) is 11.6 Å². The van der Waals surface area contributed by atoms with E-state index < -0.39 is 0 Å². The highest BCUT2D eigenvalue weighted by Gasteiger charge is 2.25. The molecule has 0 atom stereocenters. The molecule has 7 heteroatoms. The number of hydrogen-bond acceptors (Lipinski definition) is 5. The van der Waals surface area contributed by atoms with Gasteiger partial charge in [-0.05, 0) is 51.7 Å². The number of carbonyl (C=O) groups excluding carboxylic acids is 1. The minimum atomic E-state index is -0.197. The van der Waals surface area contributed by atoms with Crippen LogP contribution < -0.4 is 10.6 Å². The van der Waals surface area contributed by atoms with E-state index in [1.165, 1.54) is 6.33 Å². The summed E-state index contributed by atoms with van der Waals surface area (Å²) in [5, 5.41) is 7.40. The van der Waals surface area contributed by atoms with Crippen molar-refractivity contribution in [3.05, 3.63) is 24.7 Å². The lowest BCUT2D eigenvalue weighted by Crippen LogP contribution is -2.51. The highest BCUT2D eigenvalue weighted by atomic mass is 16.2. The van der Waals surface area contributed by atoms with Gasteiger partial charge in [-0.15, -0.1) is 0 Å². The predicted octanol–water partition coefficient (Wildman–Crippen LogP) is 2.66. The van der Waals surface area contributed by atoms with Crippen LogP contribution in [0.3, 0.4) is 0 Å². The van der Waals surface area contributed by atoms with Gasteiger partial charge in [-0.1, -0.05) is 0 Å². The van der Waals surface area contributed by atoms with Crippen LogP contribution in [0.15, 0.2) is 24.7 Å². The quantitative estimate of drug-likeness (QED) is 0.896. The van der Waals surface area contributed by atoms with Gasteiger partial charge in [-0.25, -0.2) is 19.7 Å². The molecule has 2 amide bonds. The number of urea groups is 1. The summed E-state index contributed by atoms with van der Waals surface area (Å²) in [6, 6.07) is 3.90. The fraction of sp³-hybridized carbons (Fsp3) is 0.556. The Morgan fingerprint density at radius 1 is 1.24 bits per heavy atom. The number of fused-ring (bicyclic) bond motifs is 1. The number of likely N-dealkylation sites (tertiary alicyclic amines) is 1. The second kappa shape index (κ2) is 7.21. The number of aromatic nitrogens is 3. The van der Waals surface area contributed by atoms with Gasteiger partial charge in [0.15, 0.2) is 5.65 Å². The van der Waals surface area contributed by atoms with Gasteiger partial charge in [0, 0.05) is 31.4 Å². The maximum atomic E-state index is 12.2. The Kier molecular flexibility index (Phi) is 5.01. The topological polar surface area (TPSA) is 83.0 Å². The number of nitrogens with zero attached hydrogens (tertiary/aromatic N) is 4. The van der Waals surface area contributed by atoms with E-state index in [1.807, 2.05) is 37.8 Å². The molecule has 0 aliphatic carbocycles. The van der Waals surface area contributed by atoms with Crippen molar-refractivity contribution in [3.63, 3.8) is 0 Å². The molecule has 0 bridgehead atoms. The van der Waals surface area contributed by atoms with E-state index in [0.717, 1.165) is 43.7 Å². The Morgan fingerprint density at radius 3 is 2.72 bits per heavy atom. The maximum absolute atomic E-state index is 12.2. The first-order valence-corrected chi connectivity index (χ1v) is 8.79. The van der Waals surface area contributed by atoms with Crippen LogP contribution in [0.5, 0.6) is 0 Å². The number of piperidine rings is 1. The first-order valence-electron chi connectivity index (χ1n) is 8.79. The van der Waals surface area contributed by atoms with Gasteiger partial charge >= 0.3 is 6.03 Å². The number of carbonyl (C=O) groups is 1. The molecule has 3 rings (SSSR count). The normalized spacial score (nSPS) is 16.0. The third-order valence-corrected chi connectivity index (χ3v) is 4.35. The monoisotopic (exact) mass is 342 g/mol. The van der Waals surface area contributed by atoms with Crippen molar-refractivity contribution in [3.8, 4) is 0 Å². The predicted molar refractivity (Wildman–Crippen MR) is 98.4 cm³/mol. The number of hydrogen-bond donors (Lipinski definition) is 2. The van der Waals surface area contributed by atoms with Crippen molar-refractivity contribution in [2.45, 2.75) is 39.2 Å². The number of nitrogens with one attached hydrogen (secondary N) is 2. The lowest BCUT2D eigenvalue weighted by molar-refractivity contribution is 0.165. The summed E-state index contributed by atoms with van der Waals surface area (Å²) in [5.74, 6) is 1.35. The maximum Gasteiger partial charge on any atom is 0.317 e. The largest absolute Gasteiger partial charge is 0.369 e. The van der Waals surface area contributed by atoms with Gasteiger partial charge in [0.1, 0.15) is 12.1 Å². The average Bonchev–Trinajstić information content (AvgIpc) is 2.59. The van der Waals surface area contributed by atoms with Crippen molar-refractivity contribution in [1.82, 2.24) is 25.2 Å². The Bertz CT molecular complexity index is 728. The summed E-state index contributed by atoms with van der Waals surface area (Å²) in [6.45, 7) is 8.43. The van der Waals surface area contributed by atoms with E-state index in [1.54, 1.807) is 6.20 Å². The van der Waals surface area contributed by atoms with Crippen molar-refractivity contribution in [2.75, 3.05) is 25.0 Å². The summed E-state index contributed by atoms with van der Waals surface area (Å²) in [6.07, 6.45) is 5.26. The Labute approximate surface area is 148 Å². The molecule has 0 unspecified atom stereocenters. The smallest absolute Gasteiger partial charge is 0.317 e. The molecule has 134 valence electrons. The molecule has 7 nitrogen and oxygen atoms in total. The van der Waals surface area contributed by atoms with E-state index in [0.29, 0.717) is 11.6 Å². The fourth-order valence-corrected chi connectivity index (χ4v) is 3.02. The van der Waals surface area contributed by atoms with Crippen molar-refractivity contribution >= 4 is 22.9 Å². The van der Waals surface area contributed by atoms with Gasteiger partial charge in [0.2, 0.25) is 0 Å². The summed E-state index contributed by atoms with van der Waals surface area (Å²) >= 11 is 0. The third-order valence-electron chi connectivity index (χ3n) is 4.35. The van der Waals surface area contributed by atoms with E-state index in [4.69, 9.17) is 0 Å². The molecule has 0 spiro atoms. The zero-order chi connectivity index (χ0) is 17.9. The number of amides is 2. The minimum absolute atomic E-state index is 0.0341. The second-order valence-electron chi connectivity index (χ2n) is 7.59. The molecular weight excluding hydrogens is 316 g/mol. The molecule has 2 aromatic heterocycles. The molecule has 1 aliphatic heterocycles. The van der Waals surface area contributed by atoms with Crippen molar-refractivity contribution in [2.24, 2.45) is 5.92 Å². The average molecular weight is 342 g/mol. The Balaban J connectivity index is 1.52. The molecule has 2 aromatic rings. The van der Waals surface area contributed by atoms with Crippen LogP contribution in [0.1, 0.15) is 33.6 Å². The van der Waals surface area contributed by atoms with Gasteiger partial charge in [0.25, 0.3) is 0 Å². The van der Waals surface area contributed by atoms with Crippen LogP contribution in [-0.2, 0) is 0 Å². The van der Waals surface area contributed by atoms with Crippen LogP contribution in [0.2, 0.25) is 0 Å². The third kappa shape index (κ3) is 4.55. The Morgan fingerprint density at radius 2 is 2.00 bits per heavy atom. The van der Waals surface area contributed by atoms with E-state index >= 15 is 0 Å². The number of rotatable bonds is 3. The highest BCUT2D eigenvalue weighted by molar-refractivity contribution is 5.85. The summed E-state index contributed by atoms with van der Waals surface area (Å²) in [7, 11) is 0. The molecule has 0 radical (unpaired) electrons. The zero-order valence-corrected chi connectivity index (χ0v) is 15.1. The molecule has 1 saturated heterocycles. The molecule has 1 aliphatic rings. The van der Waals surface area contributed by atoms with Crippen LogP contribution in [0.4, 0.5) is 10.6 Å². The molecule has 25 heavy (non-hydrogen) atoms. The summed E-state index contributed by atoms with van der Waals surface area (Å²) in [5.41, 5.74) is 0.506. The van der Waals surface area contributed by atoms with Gasteiger partial charge in [-0.3, -0.25) is 0 Å². The molecule has 1 fully saturated rings. The first-order chi connectivity index (χ1) is 11.9. The first kappa shape index (κ1) is 17.4. The molecule has 3 heterocycles. The fourth-order valence-electron chi connectivity index (χ4n) is 3.02. The van der Waals surface area contributed by atoms with Crippen LogP contribution in [0.25, 0.3) is 11.0 Å². The number of pyridine rings is 1. The summed E-state index contributed by atoms with van der Waals surface area (Å²) in [4.78, 5) is 26.9. The molecule has 2 N–H and O–H groups in total. The Hall–Kier alpha value is -2.44. The minimum Gasteiger partial charge on any atom is -0.369 e. The van der Waals surface area contributed by atoms with Crippen molar-refractivity contribution < 1.29 is 4.79 Å². The summed E-state index contributed by atoms with van der Waals surface area (Å²) < 4.78 is 0. The van der Waals surface area contributed by atoms with E-state index in [2.05, 4.69) is 25.6 Å². The standard InChI is InChI=1S/C18H26N6O/c1-18(2,3)23-17(25)24-9-6-13(7-10-24)11-20-16-14-5-4-8-19-15(14)21-12-22-16/h4-5,8,12-13H,6-7,9-11H2,1-3H3,(H,23,25)(H,19,20,21,22). The number of anilines is 1. The molecular formula is C18H26N6O. The van der Waals surface area contributed by atoms with Gasteiger partial charge < -0.3 is 15.5 Å². The SMILES string of the molecule is CC(C)(C)NC(=O)N1CCC(CNc2ncnc3ncccc23)CC1. The van der Waals surface area contributed by atoms with Crippen LogP contribution >= 0.6 is 0 Å². The van der Waals surface area contributed by atoms with Gasteiger partial charge in [0.05, 0.1) is 5.39 Å². The van der Waals surface area contributed by atoms with Gasteiger partial charge in [-0.2, -0.15) is 0 Å². The van der Waals surface area contributed by atoms with E-state index in [9.17, 15) is 4.79 Å². The second-order valence-corrected chi connectivity index (χ2v) is 7.59. The van der Waals surface area contributed by atoms with Crippen LogP contribution in [-0.4, -0.2) is 51.1 Å². The lowest BCUT2D eigenvalue weighted by atomic mass is 9.97. The highest BCUT2D eigenvalue weighted by Crippen LogP contribution is 2.21.